The van der Waals surface area contributed by atoms with Crippen LogP contribution in [-0.2, 0) is 12.8 Å². The van der Waals surface area contributed by atoms with Crippen molar-refractivity contribution >= 4 is 15.9 Å². The molecule has 0 unspecified atom stereocenters. The van der Waals surface area contributed by atoms with Gasteiger partial charge in [-0.1, -0.05) is 0 Å². The summed E-state index contributed by atoms with van der Waals surface area (Å²) in [4.78, 5) is 0. The molecule has 0 saturated carbocycles. The molecule has 1 aromatic carbocycles. The van der Waals surface area contributed by atoms with Gasteiger partial charge in [0.15, 0.2) is 0 Å². The number of hydrogen-bond donors (Lipinski definition) is 1. The Morgan fingerprint density at radius 1 is 1.29 bits per heavy atom. The third-order valence-electron chi connectivity index (χ3n) is 1.60. The summed E-state index contributed by atoms with van der Waals surface area (Å²) in [6, 6.07) is 1.08. The molecule has 0 saturated heterocycles. The second-order valence-electron chi connectivity index (χ2n) is 2.59. The Balaban J connectivity index is 3.30. The lowest BCUT2D eigenvalue weighted by Gasteiger charge is -2.09. The summed E-state index contributed by atoms with van der Waals surface area (Å²) in [5.74, 6) is -1.04. The summed E-state index contributed by atoms with van der Waals surface area (Å²) in [5, 5.41) is 8.67. The van der Waals surface area contributed by atoms with Gasteiger partial charge in [-0.3, -0.25) is 0 Å². The van der Waals surface area contributed by atoms with Crippen LogP contribution < -0.4 is 0 Å². The maximum atomic E-state index is 12.9. The second-order valence-corrected chi connectivity index (χ2v) is 3.38. The molecule has 14 heavy (non-hydrogen) atoms. The Kier molecular flexibility index (Phi) is 3.16. The average molecular weight is 273 g/mol. The summed E-state index contributed by atoms with van der Waals surface area (Å²) >= 11 is 2.74. The Labute approximate surface area is 85.5 Å². The van der Waals surface area contributed by atoms with Crippen molar-refractivity contribution in [1.82, 2.24) is 0 Å². The van der Waals surface area contributed by atoms with Crippen molar-refractivity contribution in [1.29, 1.82) is 0 Å². The molecule has 0 aliphatic carbocycles. The summed E-state index contributed by atoms with van der Waals surface area (Å²) in [7, 11) is 0. The molecular weight excluding hydrogens is 268 g/mol. The van der Waals surface area contributed by atoms with Gasteiger partial charge in [0, 0.05) is 0 Å². The summed E-state index contributed by atoms with van der Waals surface area (Å²) in [6.07, 6.45) is -4.61. The van der Waals surface area contributed by atoms with Gasteiger partial charge in [-0.25, -0.2) is 4.39 Å². The Morgan fingerprint density at radius 3 is 2.29 bits per heavy atom. The van der Waals surface area contributed by atoms with Gasteiger partial charge in [0.25, 0.3) is 0 Å². The first kappa shape index (κ1) is 11.5. The van der Waals surface area contributed by atoms with E-state index in [-0.39, 0.29) is 10.0 Å². The van der Waals surface area contributed by atoms with E-state index in [9.17, 15) is 17.6 Å². The van der Waals surface area contributed by atoms with E-state index in [1.807, 2.05) is 0 Å². The number of rotatable bonds is 1. The standard InChI is InChI=1S/C8H5BrF4O/c9-7-4(3-14)1-5(2-6(7)10)8(11,12)13/h1-2,14H,3H2. The third kappa shape index (κ3) is 2.24. The van der Waals surface area contributed by atoms with Crippen LogP contribution in [0.3, 0.4) is 0 Å². The lowest BCUT2D eigenvalue weighted by Crippen LogP contribution is -2.07. The minimum atomic E-state index is -4.61. The van der Waals surface area contributed by atoms with Crippen LogP contribution in [0.15, 0.2) is 16.6 Å². The predicted molar refractivity (Wildman–Crippen MR) is 45.0 cm³/mol. The molecule has 1 aromatic rings. The zero-order valence-electron chi connectivity index (χ0n) is 6.70. The van der Waals surface area contributed by atoms with Crippen LogP contribution in [0.4, 0.5) is 17.6 Å². The second kappa shape index (κ2) is 3.86. The quantitative estimate of drug-likeness (QED) is 0.779. The van der Waals surface area contributed by atoms with Crippen LogP contribution in [-0.4, -0.2) is 5.11 Å². The maximum absolute atomic E-state index is 12.9. The van der Waals surface area contributed by atoms with E-state index in [1.54, 1.807) is 0 Å². The fourth-order valence-electron chi connectivity index (χ4n) is 0.925. The molecule has 0 aliphatic heterocycles. The van der Waals surface area contributed by atoms with Gasteiger partial charge in [0.05, 0.1) is 16.6 Å². The Morgan fingerprint density at radius 2 is 1.86 bits per heavy atom. The van der Waals surface area contributed by atoms with Gasteiger partial charge in [0.1, 0.15) is 5.82 Å². The third-order valence-corrected chi connectivity index (χ3v) is 2.49. The number of benzene rings is 1. The first-order valence-electron chi connectivity index (χ1n) is 3.52. The topological polar surface area (TPSA) is 20.2 Å². The van der Waals surface area contributed by atoms with E-state index in [0.717, 1.165) is 0 Å². The van der Waals surface area contributed by atoms with E-state index in [2.05, 4.69) is 15.9 Å². The summed E-state index contributed by atoms with van der Waals surface area (Å²) < 4.78 is 49.2. The SMILES string of the molecule is OCc1cc(C(F)(F)F)cc(F)c1Br. The highest BCUT2D eigenvalue weighted by Crippen LogP contribution is 2.33. The van der Waals surface area contributed by atoms with Crippen molar-refractivity contribution in [3.63, 3.8) is 0 Å². The van der Waals surface area contributed by atoms with Gasteiger partial charge in [-0.05, 0) is 33.6 Å². The predicted octanol–water partition coefficient (Wildman–Crippen LogP) is 3.10. The van der Waals surface area contributed by atoms with Crippen molar-refractivity contribution in [2.24, 2.45) is 0 Å². The molecular formula is C8H5BrF4O. The molecule has 6 heteroatoms. The molecule has 0 atom stereocenters. The highest BCUT2D eigenvalue weighted by molar-refractivity contribution is 9.10. The number of halogens is 5. The van der Waals surface area contributed by atoms with Crippen LogP contribution >= 0.6 is 15.9 Å². The van der Waals surface area contributed by atoms with E-state index < -0.39 is 24.2 Å². The van der Waals surface area contributed by atoms with Gasteiger partial charge in [-0.15, -0.1) is 0 Å². The van der Waals surface area contributed by atoms with Crippen LogP contribution in [0.25, 0.3) is 0 Å². The number of hydrogen-bond acceptors (Lipinski definition) is 1. The number of aliphatic hydroxyl groups excluding tert-OH is 1. The number of alkyl halides is 3. The zero-order valence-corrected chi connectivity index (χ0v) is 8.28. The van der Waals surface area contributed by atoms with Crippen LogP contribution in [0, 0.1) is 5.82 Å². The fourth-order valence-corrected chi connectivity index (χ4v) is 1.28. The van der Waals surface area contributed by atoms with Crippen molar-refractivity contribution in [2.75, 3.05) is 0 Å². The largest absolute Gasteiger partial charge is 0.416 e. The van der Waals surface area contributed by atoms with Crippen molar-refractivity contribution in [3.8, 4) is 0 Å². The first-order chi connectivity index (χ1) is 6.36. The molecule has 0 fully saturated rings. The van der Waals surface area contributed by atoms with Gasteiger partial charge in [-0.2, -0.15) is 13.2 Å². The minimum Gasteiger partial charge on any atom is -0.392 e. The van der Waals surface area contributed by atoms with Crippen LogP contribution in [0.5, 0.6) is 0 Å². The molecule has 0 aliphatic rings. The smallest absolute Gasteiger partial charge is 0.392 e. The molecule has 0 spiro atoms. The molecule has 0 amide bonds. The highest BCUT2D eigenvalue weighted by Gasteiger charge is 2.32. The summed E-state index contributed by atoms with van der Waals surface area (Å²) in [5.41, 5.74) is -1.24. The number of aliphatic hydroxyl groups is 1. The molecule has 1 nitrogen and oxygen atoms in total. The first-order valence-corrected chi connectivity index (χ1v) is 4.31. The molecule has 0 aromatic heterocycles. The minimum absolute atomic E-state index is 0.127. The molecule has 1 N–H and O–H groups in total. The van der Waals surface area contributed by atoms with Gasteiger partial charge >= 0.3 is 6.18 Å². The van der Waals surface area contributed by atoms with Crippen LogP contribution in [0.2, 0.25) is 0 Å². The monoisotopic (exact) mass is 272 g/mol. The van der Waals surface area contributed by atoms with E-state index in [1.165, 1.54) is 0 Å². The van der Waals surface area contributed by atoms with Crippen molar-refractivity contribution < 1.29 is 22.7 Å². The molecule has 0 radical (unpaired) electrons. The van der Waals surface area contributed by atoms with Crippen LogP contribution in [0.1, 0.15) is 11.1 Å². The van der Waals surface area contributed by atoms with Gasteiger partial charge in [0.2, 0.25) is 0 Å². The maximum Gasteiger partial charge on any atom is 0.416 e. The fraction of sp³-hybridized carbons (Fsp3) is 0.250. The Hall–Kier alpha value is -0.620. The van der Waals surface area contributed by atoms with E-state index in [0.29, 0.717) is 12.1 Å². The normalized spacial score (nSPS) is 11.9. The van der Waals surface area contributed by atoms with E-state index in [4.69, 9.17) is 5.11 Å². The Bertz CT molecular complexity index is 348. The van der Waals surface area contributed by atoms with Gasteiger partial charge < -0.3 is 5.11 Å². The van der Waals surface area contributed by atoms with E-state index >= 15 is 0 Å². The summed E-state index contributed by atoms with van der Waals surface area (Å²) in [6.45, 7) is -0.651. The van der Waals surface area contributed by atoms with Crippen molar-refractivity contribution in [2.45, 2.75) is 12.8 Å². The lowest BCUT2D eigenvalue weighted by atomic mass is 10.1. The average Bonchev–Trinajstić information content (AvgIpc) is 2.07. The lowest BCUT2D eigenvalue weighted by molar-refractivity contribution is -0.137. The molecule has 78 valence electrons. The molecule has 0 bridgehead atoms. The highest BCUT2D eigenvalue weighted by atomic mass is 79.9. The van der Waals surface area contributed by atoms with Crippen molar-refractivity contribution in [3.05, 3.63) is 33.5 Å². The zero-order chi connectivity index (χ0) is 10.9. The molecule has 1 rings (SSSR count). The molecule has 0 heterocycles.